The standard InChI is InChI=1S/C9H10O2/c10-9(11)5-7-4-6-2-1-3-8(6)7/h1-2,5-6,8H,3-4H2,(H,10,11)/p-1/b7-5-. The summed E-state index contributed by atoms with van der Waals surface area (Å²) in [5, 5.41) is 10.2. The molecule has 2 rings (SSSR count). The van der Waals surface area contributed by atoms with Crippen LogP contribution >= 0.6 is 0 Å². The molecule has 0 aromatic rings. The first-order valence-electron chi connectivity index (χ1n) is 3.85. The molecule has 2 unspecified atom stereocenters. The predicted octanol–water partition coefficient (Wildman–Crippen LogP) is 0.259. The van der Waals surface area contributed by atoms with Crippen molar-refractivity contribution in [2.45, 2.75) is 12.8 Å². The maximum atomic E-state index is 10.2. The molecule has 11 heavy (non-hydrogen) atoms. The van der Waals surface area contributed by atoms with Gasteiger partial charge in [0.15, 0.2) is 0 Å². The Morgan fingerprint density at radius 1 is 1.73 bits per heavy atom. The van der Waals surface area contributed by atoms with E-state index in [0.29, 0.717) is 11.8 Å². The Balaban J connectivity index is 2.07. The van der Waals surface area contributed by atoms with Gasteiger partial charge in [-0.3, -0.25) is 0 Å². The van der Waals surface area contributed by atoms with Crippen molar-refractivity contribution in [1.29, 1.82) is 0 Å². The van der Waals surface area contributed by atoms with Gasteiger partial charge < -0.3 is 9.90 Å². The van der Waals surface area contributed by atoms with Crippen molar-refractivity contribution in [3.8, 4) is 0 Å². The minimum atomic E-state index is -1.05. The van der Waals surface area contributed by atoms with E-state index in [0.717, 1.165) is 18.4 Å². The molecule has 2 aliphatic rings. The van der Waals surface area contributed by atoms with Crippen molar-refractivity contribution in [3.63, 3.8) is 0 Å². The Morgan fingerprint density at radius 2 is 2.55 bits per heavy atom. The molecule has 0 spiro atoms. The first kappa shape index (κ1) is 6.65. The number of carboxylic acid groups (broad SMARTS) is 1. The normalized spacial score (nSPS) is 36.9. The highest BCUT2D eigenvalue weighted by Gasteiger charge is 2.35. The lowest BCUT2D eigenvalue weighted by atomic mass is 9.71. The Morgan fingerprint density at radius 3 is 3.18 bits per heavy atom. The summed E-state index contributed by atoms with van der Waals surface area (Å²) in [6.07, 6.45) is 7.51. The van der Waals surface area contributed by atoms with Crippen molar-refractivity contribution >= 4 is 5.97 Å². The number of carboxylic acids is 1. The van der Waals surface area contributed by atoms with Crippen LogP contribution in [0.2, 0.25) is 0 Å². The summed E-state index contributed by atoms with van der Waals surface area (Å²) >= 11 is 0. The number of carbonyl (C=O) groups excluding carboxylic acids is 1. The van der Waals surface area contributed by atoms with Crippen LogP contribution in [0, 0.1) is 11.8 Å². The van der Waals surface area contributed by atoms with E-state index in [1.54, 1.807) is 0 Å². The zero-order valence-electron chi connectivity index (χ0n) is 6.12. The van der Waals surface area contributed by atoms with Gasteiger partial charge in [-0.1, -0.05) is 17.7 Å². The van der Waals surface area contributed by atoms with Gasteiger partial charge in [-0.2, -0.15) is 0 Å². The van der Waals surface area contributed by atoms with Crippen LogP contribution < -0.4 is 5.11 Å². The fourth-order valence-electron chi connectivity index (χ4n) is 1.93. The average Bonchev–Trinajstić information content (AvgIpc) is 2.26. The van der Waals surface area contributed by atoms with E-state index in [2.05, 4.69) is 12.2 Å². The second-order valence-corrected chi connectivity index (χ2v) is 3.18. The van der Waals surface area contributed by atoms with Gasteiger partial charge in [0.05, 0.1) is 5.97 Å². The summed E-state index contributed by atoms with van der Waals surface area (Å²) in [6, 6.07) is 0. The molecule has 0 aliphatic heterocycles. The second kappa shape index (κ2) is 2.22. The topological polar surface area (TPSA) is 40.1 Å². The van der Waals surface area contributed by atoms with Gasteiger partial charge in [0.1, 0.15) is 0 Å². The van der Waals surface area contributed by atoms with Gasteiger partial charge in [0.2, 0.25) is 0 Å². The van der Waals surface area contributed by atoms with E-state index in [-0.39, 0.29) is 0 Å². The van der Waals surface area contributed by atoms with Gasteiger partial charge in [0.25, 0.3) is 0 Å². The van der Waals surface area contributed by atoms with Crippen molar-refractivity contribution in [3.05, 3.63) is 23.8 Å². The second-order valence-electron chi connectivity index (χ2n) is 3.18. The molecule has 0 heterocycles. The highest BCUT2D eigenvalue weighted by molar-refractivity contribution is 5.79. The van der Waals surface area contributed by atoms with E-state index >= 15 is 0 Å². The zero-order chi connectivity index (χ0) is 7.84. The van der Waals surface area contributed by atoms with Crippen LogP contribution in [0.15, 0.2) is 23.8 Å². The van der Waals surface area contributed by atoms with Gasteiger partial charge in [-0.15, -0.1) is 0 Å². The summed E-state index contributed by atoms with van der Waals surface area (Å²) in [5.41, 5.74) is 1.06. The molecule has 2 nitrogen and oxygen atoms in total. The van der Waals surface area contributed by atoms with Crippen LogP contribution in [0.3, 0.4) is 0 Å². The Kier molecular flexibility index (Phi) is 1.34. The molecule has 0 N–H and O–H groups in total. The van der Waals surface area contributed by atoms with E-state index in [1.807, 2.05) is 0 Å². The van der Waals surface area contributed by atoms with Gasteiger partial charge in [-0.25, -0.2) is 0 Å². The van der Waals surface area contributed by atoms with Crippen LogP contribution in [-0.2, 0) is 4.79 Å². The molecule has 2 atom stereocenters. The van der Waals surface area contributed by atoms with Gasteiger partial charge >= 0.3 is 0 Å². The number of aliphatic carboxylic acids is 1. The molecule has 1 saturated carbocycles. The Hall–Kier alpha value is -1.05. The fourth-order valence-corrected chi connectivity index (χ4v) is 1.93. The lowest BCUT2D eigenvalue weighted by molar-refractivity contribution is -0.297. The van der Waals surface area contributed by atoms with Crippen LogP contribution in [0.25, 0.3) is 0 Å². The number of fused-ring (bicyclic) bond motifs is 1. The number of hydrogen-bond donors (Lipinski definition) is 0. The maximum Gasteiger partial charge on any atom is 0.0642 e. The fraction of sp³-hybridized carbons (Fsp3) is 0.444. The van der Waals surface area contributed by atoms with Crippen LogP contribution in [-0.4, -0.2) is 5.97 Å². The van der Waals surface area contributed by atoms with E-state index < -0.39 is 5.97 Å². The van der Waals surface area contributed by atoms with Crippen molar-refractivity contribution < 1.29 is 9.90 Å². The lowest BCUT2D eigenvalue weighted by Crippen LogP contribution is -2.28. The molecule has 0 saturated heterocycles. The quantitative estimate of drug-likeness (QED) is 0.396. The predicted molar refractivity (Wildman–Crippen MR) is 38.4 cm³/mol. The molecule has 0 bridgehead atoms. The molecular formula is C9H9O2-. The summed E-state index contributed by atoms with van der Waals surface area (Å²) in [4.78, 5) is 10.2. The molecule has 0 aromatic carbocycles. The molecule has 0 aromatic heterocycles. The van der Waals surface area contributed by atoms with Crippen LogP contribution in [0.4, 0.5) is 0 Å². The maximum absolute atomic E-state index is 10.2. The summed E-state index contributed by atoms with van der Waals surface area (Å²) in [7, 11) is 0. The molecule has 0 radical (unpaired) electrons. The number of allylic oxidation sites excluding steroid dienone is 3. The molecule has 2 heteroatoms. The molecule has 0 amide bonds. The van der Waals surface area contributed by atoms with Crippen LogP contribution in [0.1, 0.15) is 12.8 Å². The highest BCUT2D eigenvalue weighted by Crippen LogP contribution is 2.46. The summed E-state index contributed by atoms with van der Waals surface area (Å²) in [6.45, 7) is 0. The minimum absolute atomic E-state index is 0.493. The third-order valence-electron chi connectivity index (χ3n) is 2.54. The van der Waals surface area contributed by atoms with E-state index in [9.17, 15) is 9.90 Å². The highest BCUT2D eigenvalue weighted by atomic mass is 16.4. The van der Waals surface area contributed by atoms with Crippen molar-refractivity contribution in [2.24, 2.45) is 11.8 Å². The third-order valence-corrected chi connectivity index (χ3v) is 2.54. The molecule has 2 aliphatic carbocycles. The number of rotatable bonds is 1. The SMILES string of the molecule is O=C([O-])/C=C1/CC2C=CCC12. The monoisotopic (exact) mass is 149 g/mol. The minimum Gasteiger partial charge on any atom is -0.545 e. The largest absolute Gasteiger partial charge is 0.545 e. The van der Waals surface area contributed by atoms with Crippen LogP contribution in [0.5, 0.6) is 0 Å². The first-order chi connectivity index (χ1) is 5.27. The average molecular weight is 149 g/mol. The van der Waals surface area contributed by atoms with E-state index in [4.69, 9.17) is 0 Å². The summed E-state index contributed by atoms with van der Waals surface area (Å²) in [5.74, 6) is 0.0684. The van der Waals surface area contributed by atoms with Gasteiger partial charge in [-0.05, 0) is 30.8 Å². The van der Waals surface area contributed by atoms with Crippen molar-refractivity contribution in [1.82, 2.24) is 0 Å². The van der Waals surface area contributed by atoms with E-state index in [1.165, 1.54) is 6.08 Å². The van der Waals surface area contributed by atoms with Crippen molar-refractivity contribution in [2.75, 3.05) is 0 Å². The zero-order valence-corrected chi connectivity index (χ0v) is 6.12. The lowest BCUT2D eigenvalue weighted by Gasteiger charge is -2.34. The Labute approximate surface area is 65.2 Å². The Bertz CT molecular complexity index is 250. The summed E-state index contributed by atoms with van der Waals surface area (Å²) < 4.78 is 0. The first-order valence-corrected chi connectivity index (χ1v) is 3.85. The molecule has 1 fully saturated rings. The molecular weight excluding hydrogens is 140 g/mol. The number of carbonyl (C=O) groups is 1. The number of hydrogen-bond acceptors (Lipinski definition) is 2. The third kappa shape index (κ3) is 0.985. The van der Waals surface area contributed by atoms with Gasteiger partial charge in [0, 0.05) is 0 Å². The molecule has 58 valence electrons. The smallest absolute Gasteiger partial charge is 0.0642 e.